The summed E-state index contributed by atoms with van der Waals surface area (Å²) in [7, 11) is 0. The summed E-state index contributed by atoms with van der Waals surface area (Å²) in [4.78, 5) is 16.5. The van der Waals surface area contributed by atoms with Gasteiger partial charge in [-0.2, -0.15) is 0 Å². The van der Waals surface area contributed by atoms with E-state index in [0.29, 0.717) is 0 Å². The molecule has 2 heterocycles. The maximum atomic E-state index is 12.5. The zero-order valence-electron chi connectivity index (χ0n) is 13.5. The van der Waals surface area contributed by atoms with Gasteiger partial charge in [0.05, 0.1) is 0 Å². The second-order valence-corrected chi connectivity index (χ2v) is 6.46. The van der Waals surface area contributed by atoms with Gasteiger partial charge in [-0.05, 0) is 37.2 Å². The molecule has 1 saturated carbocycles. The largest absolute Gasteiger partial charge is 0.472 e. The molecule has 1 aliphatic carbocycles. The molecule has 5 nitrogen and oxygen atoms in total. The number of rotatable bonds is 5. The molecule has 0 radical (unpaired) electrons. The van der Waals surface area contributed by atoms with Gasteiger partial charge < -0.3 is 14.8 Å². The number of carbonyl (C=O) groups is 1. The Morgan fingerprint density at radius 1 is 1.38 bits per heavy atom. The summed E-state index contributed by atoms with van der Waals surface area (Å²) < 4.78 is 34.8. The Balaban J connectivity index is 1.65. The molecule has 0 aromatic carbocycles. The average Bonchev–Trinajstić information content (AvgIpc) is 2.95. The normalized spacial score (nSPS) is 22.7. The van der Waals surface area contributed by atoms with Crippen LogP contribution in [-0.4, -0.2) is 43.2 Å². The molecule has 2 fully saturated rings. The van der Waals surface area contributed by atoms with Crippen molar-refractivity contribution in [3.8, 4) is 5.88 Å². The van der Waals surface area contributed by atoms with Crippen LogP contribution < -0.4 is 10.1 Å². The zero-order chi connectivity index (χ0) is 17.0. The lowest BCUT2D eigenvalue weighted by Gasteiger charge is -2.39. The number of aromatic nitrogens is 1. The van der Waals surface area contributed by atoms with Crippen molar-refractivity contribution in [2.24, 2.45) is 5.41 Å². The first-order valence-corrected chi connectivity index (χ1v) is 8.36. The van der Waals surface area contributed by atoms with E-state index in [2.05, 4.69) is 10.3 Å². The number of alkyl halides is 2. The molecule has 24 heavy (non-hydrogen) atoms. The number of halogens is 2. The van der Waals surface area contributed by atoms with Crippen molar-refractivity contribution in [3.05, 3.63) is 23.9 Å². The zero-order valence-corrected chi connectivity index (χ0v) is 13.5. The van der Waals surface area contributed by atoms with Crippen molar-refractivity contribution < 1.29 is 23.0 Å². The van der Waals surface area contributed by atoms with Crippen molar-refractivity contribution in [2.75, 3.05) is 19.8 Å². The molecular formula is C17H22F2N2O3. The highest BCUT2D eigenvalue weighted by atomic mass is 19.3. The van der Waals surface area contributed by atoms with Gasteiger partial charge in [-0.1, -0.05) is 12.5 Å². The lowest BCUT2D eigenvalue weighted by molar-refractivity contribution is 0.00468. The Labute approximate surface area is 139 Å². The number of carbonyl (C=O) groups excluding carboxylic acids is 1. The number of pyridine rings is 1. The summed E-state index contributed by atoms with van der Waals surface area (Å²) in [5.41, 5.74) is 0.313. The average molecular weight is 340 g/mol. The highest BCUT2D eigenvalue weighted by Crippen LogP contribution is 2.46. The van der Waals surface area contributed by atoms with Crippen LogP contribution in [0.1, 0.15) is 42.6 Å². The van der Waals surface area contributed by atoms with Crippen LogP contribution in [-0.2, 0) is 4.74 Å². The lowest BCUT2D eigenvalue weighted by atomic mass is 9.75. The molecular weight excluding hydrogens is 318 g/mol. The Morgan fingerprint density at radius 3 is 2.92 bits per heavy atom. The Bertz CT molecular complexity index is 577. The molecule has 7 heteroatoms. The quantitative estimate of drug-likeness (QED) is 0.895. The second kappa shape index (κ2) is 7.42. The maximum Gasteiger partial charge on any atom is 0.272 e. The van der Waals surface area contributed by atoms with Crippen LogP contribution >= 0.6 is 0 Å². The van der Waals surface area contributed by atoms with E-state index in [4.69, 9.17) is 9.47 Å². The topological polar surface area (TPSA) is 60.5 Å². The van der Waals surface area contributed by atoms with Crippen LogP contribution in [0.3, 0.4) is 0 Å². The molecule has 1 atom stereocenters. The maximum absolute atomic E-state index is 12.5. The predicted octanol–water partition coefficient (Wildman–Crippen LogP) is 2.80. The third-order valence-corrected chi connectivity index (χ3v) is 5.01. The van der Waals surface area contributed by atoms with E-state index in [1.54, 1.807) is 12.1 Å². The van der Waals surface area contributed by atoms with Crippen LogP contribution in [0.15, 0.2) is 18.2 Å². The number of nitrogens with zero attached hydrogens (tertiary/aromatic N) is 1. The van der Waals surface area contributed by atoms with Crippen molar-refractivity contribution >= 4 is 5.91 Å². The predicted molar refractivity (Wildman–Crippen MR) is 83.3 cm³/mol. The number of hydrogen-bond acceptors (Lipinski definition) is 4. The Kier molecular flexibility index (Phi) is 5.28. The Morgan fingerprint density at radius 2 is 2.17 bits per heavy atom. The van der Waals surface area contributed by atoms with Gasteiger partial charge in [0.1, 0.15) is 5.69 Å². The fraction of sp³-hybridized carbons (Fsp3) is 0.647. The van der Waals surface area contributed by atoms with Gasteiger partial charge in [-0.25, -0.2) is 13.8 Å². The summed E-state index contributed by atoms with van der Waals surface area (Å²) in [5.74, 6) is -0.245. The number of ether oxygens (including phenoxy) is 2. The monoisotopic (exact) mass is 340 g/mol. The summed E-state index contributed by atoms with van der Waals surface area (Å²) in [5, 5.41) is 3.09. The minimum atomic E-state index is -2.57. The molecule has 1 N–H and O–H groups in total. The fourth-order valence-electron chi connectivity index (χ4n) is 3.74. The lowest BCUT2D eigenvalue weighted by Crippen LogP contribution is -2.47. The number of nitrogens with one attached hydrogen (secondary N) is 1. The third kappa shape index (κ3) is 3.83. The molecule has 1 aromatic rings. The molecule has 1 amide bonds. The first-order chi connectivity index (χ1) is 11.6. The van der Waals surface area contributed by atoms with Crippen LogP contribution in [0.2, 0.25) is 0 Å². The van der Waals surface area contributed by atoms with E-state index in [0.717, 1.165) is 45.3 Å². The van der Waals surface area contributed by atoms with Crippen molar-refractivity contribution in [1.82, 2.24) is 10.3 Å². The molecule has 3 rings (SSSR count). The highest BCUT2D eigenvalue weighted by molar-refractivity contribution is 5.92. The minimum Gasteiger partial charge on any atom is -0.472 e. The molecule has 0 unspecified atom stereocenters. The highest BCUT2D eigenvalue weighted by Gasteiger charge is 2.44. The summed E-state index contributed by atoms with van der Waals surface area (Å²) in [6.45, 7) is 0.743. The molecule has 1 saturated heterocycles. The molecule has 2 aliphatic rings. The van der Waals surface area contributed by atoms with Gasteiger partial charge >= 0.3 is 0 Å². The van der Waals surface area contributed by atoms with E-state index in [1.807, 2.05) is 0 Å². The first kappa shape index (κ1) is 17.1. The van der Waals surface area contributed by atoms with Crippen LogP contribution in [0, 0.1) is 5.41 Å². The second-order valence-electron chi connectivity index (χ2n) is 6.46. The van der Waals surface area contributed by atoms with Crippen LogP contribution in [0.5, 0.6) is 5.88 Å². The first-order valence-electron chi connectivity index (χ1n) is 8.36. The van der Waals surface area contributed by atoms with Crippen LogP contribution in [0.25, 0.3) is 0 Å². The van der Waals surface area contributed by atoms with Gasteiger partial charge in [0.15, 0.2) is 6.61 Å². The van der Waals surface area contributed by atoms with Gasteiger partial charge in [0.25, 0.3) is 12.3 Å². The summed E-state index contributed by atoms with van der Waals surface area (Å²) >= 11 is 0. The fourth-order valence-corrected chi connectivity index (χ4v) is 3.74. The van der Waals surface area contributed by atoms with E-state index in [1.165, 1.54) is 6.07 Å². The molecule has 1 aliphatic heterocycles. The SMILES string of the molecule is O=C(N[C@@H]1CCCC12CCOCC2)c1cccc(OCC(F)F)n1. The smallest absolute Gasteiger partial charge is 0.272 e. The number of hydrogen-bond donors (Lipinski definition) is 1. The molecule has 0 bridgehead atoms. The van der Waals surface area contributed by atoms with E-state index < -0.39 is 13.0 Å². The Hall–Kier alpha value is -1.76. The molecule has 1 spiro atoms. The van der Waals surface area contributed by atoms with E-state index in [9.17, 15) is 13.6 Å². The van der Waals surface area contributed by atoms with Crippen molar-refractivity contribution in [2.45, 2.75) is 44.6 Å². The van der Waals surface area contributed by atoms with Gasteiger partial charge in [-0.15, -0.1) is 0 Å². The van der Waals surface area contributed by atoms with Gasteiger partial charge in [-0.3, -0.25) is 4.79 Å². The van der Waals surface area contributed by atoms with Gasteiger partial charge in [0.2, 0.25) is 5.88 Å². The third-order valence-electron chi connectivity index (χ3n) is 5.01. The van der Waals surface area contributed by atoms with E-state index in [-0.39, 0.29) is 28.9 Å². The number of amides is 1. The van der Waals surface area contributed by atoms with Gasteiger partial charge in [0, 0.05) is 25.3 Å². The minimum absolute atomic E-state index is 0.0372. The van der Waals surface area contributed by atoms with E-state index >= 15 is 0 Å². The molecule has 132 valence electrons. The van der Waals surface area contributed by atoms with Crippen LogP contribution in [0.4, 0.5) is 8.78 Å². The summed E-state index contributed by atoms with van der Waals surface area (Å²) in [6, 6.07) is 4.73. The summed E-state index contributed by atoms with van der Waals surface area (Å²) in [6.07, 6.45) is 2.50. The molecule has 1 aromatic heterocycles. The van der Waals surface area contributed by atoms with Crippen molar-refractivity contribution in [1.29, 1.82) is 0 Å². The van der Waals surface area contributed by atoms with Crippen molar-refractivity contribution in [3.63, 3.8) is 0 Å². The standard InChI is InChI=1S/C17H22F2N2O3/c18-14(19)11-24-15-5-1-3-12(20-15)16(22)21-13-4-2-6-17(13)7-9-23-10-8-17/h1,3,5,13-14H,2,4,6-11H2,(H,21,22)/t13-/m1/s1.